The van der Waals surface area contributed by atoms with Gasteiger partial charge >= 0.3 is 5.63 Å². The van der Waals surface area contributed by atoms with E-state index in [0.29, 0.717) is 18.6 Å². The zero-order valence-corrected chi connectivity index (χ0v) is 11.1. The van der Waals surface area contributed by atoms with Crippen LogP contribution in [-0.4, -0.2) is 13.2 Å². The molecule has 1 heterocycles. The molecule has 1 aromatic carbocycles. The average molecular weight is 261 g/mol. The Morgan fingerprint density at radius 3 is 2.84 bits per heavy atom. The molecular formula is C15H19NO3. The van der Waals surface area contributed by atoms with Crippen molar-refractivity contribution in [2.45, 2.75) is 26.2 Å². The number of nitrogen functional groups attached to an aromatic ring is 1. The van der Waals surface area contributed by atoms with Crippen molar-refractivity contribution < 1.29 is 9.15 Å². The molecule has 0 aliphatic rings. The Kier molecular flexibility index (Phi) is 4.58. The third kappa shape index (κ3) is 3.15. The number of nitrogens with two attached hydrogens (primary N) is 1. The Morgan fingerprint density at radius 1 is 1.26 bits per heavy atom. The van der Waals surface area contributed by atoms with E-state index in [0.717, 1.165) is 30.4 Å². The van der Waals surface area contributed by atoms with E-state index >= 15 is 0 Å². The Bertz CT molecular complexity index is 604. The average Bonchev–Trinajstić information content (AvgIpc) is 2.42. The molecule has 0 saturated heterocycles. The van der Waals surface area contributed by atoms with Crippen LogP contribution in [0, 0.1) is 0 Å². The van der Waals surface area contributed by atoms with Gasteiger partial charge in [-0.2, -0.15) is 0 Å². The van der Waals surface area contributed by atoms with Crippen LogP contribution in [0.25, 0.3) is 11.0 Å². The van der Waals surface area contributed by atoms with Crippen molar-refractivity contribution in [2.75, 3.05) is 18.9 Å². The highest BCUT2D eigenvalue weighted by Crippen LogP contribution is 2.21. The fraction of sp³-hybridized carbons (Fsp3) is 0.400. The monoisotopic (exact) mass is 261 g/mol. The van der Waals surface area contributed by atoms with E-state index in [9.17, 15) is 4.79 Å². The predicted molar refractivity (Wildman–Crippen MR) is 76.3 cm³/mol. The lowest BCUT2D eigenvalue weighted by Crippen LogP contribution is -2.12. The molecule has 0 unspecified atom stereocenters. The van der Waals surface area contributed by atoms with Gasteiger partial charge in [0.25, 0.3) is 0 Å². The van der Waals surface area contributed by atoms with E-state index in [1.165, 1.54) is 0 Å². The lowest BCUT2D eigenvalue weighted by Gasteiger charge is -2.08. The highest BCUT2D eigenvalue weighted by molar-refractivity contribution is 5.84. The van der Waals surface area contributed by atoms with E-state index in [1.54, 1.807) is 6.07 Å². The first-order chi connectivity index (χ1) is 9.24. The van der Waals surface area contributed by atoms with E-state index in [2.05, 4.69) is 6.92 Å². The second kappa shape index (κ2) is 6.38. The van der Waals surface area contributed by atoms with Crippen molar-refractivity contribution in [2.24, 2.45) is 0 Å². The molecule has 0 aliphatic heterocycles. The molecule has 102 valence electrons. The Balaban J connectivity index is 2.21. The summed E-state index contributed by atoms with van der Waals surface area (Å²) < 4.78 is 10.7. The van der Waals surface area contributed by atoms with Crippen molar-refractivity contribution in [3.8, 4) is 0 Å². The molecule has 0 amide bonds. The molecule has 0 fully saturated rings. The smallest absolute Gasteiger partial charge is 0.359 e. The Morgan fingerprint density at radius 2 is 2.05 bits per heavy atom. The van der Waals surface area contributed by atoms with Crippen LogP contribution in [0.1, 0.15) is 25.3 Å². The zero-order valence-electron chi connectivity index (χ0n) is 11.1. The predicted octanol–water partition coefficient (Wildman–Crippen LogP) is 2.73. The molecule has 2 rings (SSSR count). The highest BCUT2D eigenvalue weighted by Gasteiger charge is 2.11. The molecule has 4 heteroatoms. The van der Waals surface area contributed by atoms with Gasteiger partial charge in [-0.05, 0) is 24.5 Å². The maximum Gasteiger partial charge on any atom is 0.359 e. The van der Waals surface area contributed by atoms with Crippen LogP contribution in [0.2, 0.25) is 0 Å². The first-order valence-corrected chi connectivity index (χ1v) is 6.62. The number of anilines is 1. The molecule has 0 aliphatic carbocycles. The molecule has 0 bridgehead atoms. The third-order valence-corrected chi connectivity index (χ3v) is 3.10. The fourth-order valence-electron chi connectivity index (χ4n) is 2.02. The van der Waals surface area contributed by atoms with Gasteiger partial charge in [-0.15, -0.1) is 0 Å². The van der Waals surface area contributed by atoms with Crippen LogP contribution in [0.15, 0.2) is 33.5 Å². The summed E-state index contributed by atoms with van der Waals surface area (Å²) in [6.07, 6.45) is 2.79. The first-order valence-electron chi connectivity index (χ1n) is 6.62. The summed E-state index contributed by atoms with van der Waals surface area (Å²) in [5, 5.41) is 0.888. The summed E-state index contributed by atoms with van der Waals surface area (Å²) in [4.78, 5) is 11.7. The largest absolute Gasteiger partial charge is 0.421 e. The first kappa shape index (κ1) is 13.6. The van der Waals surface area contributed by atoms with E-state index in [4.69, 9.17) is 14.9 Å². The van der Waals surface area contributed by atoms with Crippen LogP contribution in [-0.2, 0) is 11.2 Å². The summed E-state index contributed by atoms with van der Waals surface area (Å²) in [7, 11) is 0. The van der Waals surface area contributed by atoms with E-state index < -0.39 is 5.63 Å². The number of hydrogen-bond donors (Lipinski definition) is 1. The molecule has 2 aromatic rings. The van der Waals surface area contributed by atoms with Gasteiger partial charge in [0.15, 0.2) is 0 Å². The van der Waals surface area contributed by atoms with E-state index in [1.807, 2.05) is 18.2 Å². The lowest BCUT2D eigenvalue weighted by atomic mass is 10.1. The van der Waals surface area contributed by atoms with Crippen molar-refractivity contribution >= 4 is 16.7 Å². The molecule has 2 N–H and O–H groups in total. The van der Waals surface area contributed by atoms with Crippen LogP contribution in [0.5, 0.6) is 0 Å². The van der Waals surface area contributed by atoms with Gasteiger partial charge in [0.05, 0.1) is 6.61 Å². The molecular weight excluding hydrogens is 242 g/mol. The van der Waals surface area contributed by atoms with Crippen LogP contribution >= 0.6 is 0 Å². The van der Waals surface area contributed by atoms with E-state index in [-0.39, 0.29) is 5.69 Å². The number of benzene rings is 1. The minimum Gasteiger partial charge on any atom is -0.421 e. The second-order valence-corrected chi connectivity index (χ2v) is 4.49. The summed E-state index contributed by atoms with van der Waals surface area (Å²) in [5.41, 5.74) is 6.95. The SMILES string of the molecule is CCCCOCCc1c(N)c(=O)oc2ccccc12. The summed E-state index contributed by atoms with van der Waals surface area (Å²) in [5.74, 6) is 0. The lowest BCUT2D eigenvalue weighted by molar-refractivity contribution is 0.134. The number of rotatable bonds is 6. The standard InChI is InChI=1S/C15H19NO3/c1-2-3-9-18-10-8-12-11-6-4-5-7-13(11)19-15(17)14(12)16/h4-7H,2-3,8-10,16H2,1H3. The Hall–Kier alpha value is -1.81. The fourth-order valence-corrected chi connectivity index (χ4v) is 2.02. The molecule has 0 atom stereocenters. The summed E-state index contributed by atoms with van der Waals surface area (Å²) in [6.45, 7) is 3.44. The number of unbranched alkanes of at least 4 members (excludes halogenated alkanes) is 1. The van der Waals surface area contributed by atoms with Gasteiger partial charge in [-0.25, -0.2) is 4.79 Å². The van der Waals surface area contributed by atoms with Gasteiger partial charge in [0.2, 0.25) is 0 Å². The quantitative estimate of drug-likeness (QED) is 0.641. The normalized spacial score (nSPS) is 11.0. The minimum absolute atomic E-state index is 0.192. The van der Waals surface area contributed by atoms with Crippen molar-refractivity contribution in [1.82, 2.24) is 0 Å². The Labute approximate surface area is 112 Å². The zero-order chi connectivity index (χ0) is 13.7. The molecule has 0 spiro atoms. The van der Waals surface area contributed by atoms with Gasteiger partial charge < -0.3 is 14.9 Å². The molecule has 4 nitrogen and oxygen atoms in total. The van der Waals surface area contributed by atoms with Gasteiger partial charge in [-0.1, -0.05) is 31.5 Å². The van der Waals surface area contributed by atoms with Crippen LogP contribution in [0.3, 0.4) is 0 Å². The maximum absolute atomic E-state index is 11.7. The van der Waals surface area contributed by atoms with Gasteiger partial charge in [-0.3, -0.25) is 0 Å². The molecule has 0 radical (unpaired) electrons. The van der Waals surface area contributed by atoms with Crippen molar-refractivity contribution in [3.05, 3.63) is 40.2 Å². The van der Waals surface area contributed by atoms with Crippen molar-refractivity contribution in [3.63, 3.8) is 0 Å². The topological polar surface area (TPSA) is 65.5 Å². The molecule has 19 heavy (non-hydrogen) atoms. The van der Waals surface area contributed by atoms with Gasteiger partial charge in [0.1, 0.15) is 11.3 Å². The number of para-hydroxylation sites is 1. The summed E-state index contributed by atoms with van der Waals surface area (Å²) in [6, 6.07) is 7.43. The summed E-state index contributed by atoms with van der Waals surface area (Å²) >= 11 is 0. The van der Waals surface area contributed by atoms with Crippen LogP contribution < -0.4 is 11.4 Å². The number of ether oxygens (including phenoxy) is 1. The van der Waals surface area contributed by atoms with Crippen LogP contribution in [0.4, 0.5) is 5.69 Å². The maximum atomic E-state index is 11.7. The molecule has 0 saturated carbocycles. The highest BCUT2D eigenvalue weighted by atomic mass is 16.5. The third-order valence-electron chi connectivity index (χ3n) is 3.10. The molecule has 1 aromatic heterocycles. The minimum atomic E-state index is -0.470. The number of fused-ring (bicyclic) bond motifs is 1. The van der Waals surface area contributed by atoms with Gasteiger partial charge in [0, 0.05) is 12.0 Å². The number of hydrogen-bond acceptors (Lipinski definition) is 4. The van der Waals surface area contributed by atoms with Crippen molar-refractivity contribution in [1.29, 1.82) is 0 Å². The second-order valence-electron chi connectivity index (χ2n) is 4.49.